The van der Waals surface area contributed by atoms with E-state index in [1.165, 1.54) is 4.68 Å². The molecule has 17 heavy (non-hydrogen) atoms. The number of rotatable bonds is 0. The van der Waals surface area contributed by atoms with Gasteiger partial charge in [0.25, 0.3) is 0 Å². The van der Waals surface area contributed by atoms with Crippen molar-refractivity contribution in [2.45, 2.75) is 6.54 Å². The molecule has 0 amide bonds. The van der Waals surface area contributed by atoms with Gasteiger partial charge in [-0.3, -0.25) is 4.98 Å². The smallest absolute Gasteiger partial charge is 0.350 e. The Morgan fingerprint density at radius 2 is 2.12 bits per heavy atom. The van der Waals surface area contributed by atoms with Crippen molar-refractivity contribution in [2.24, 2.45) is 7.05 Å². The van der Waals surface area contributed by atoms with Gasteiger partial charge in [-0.1, -0.05) is 0 Å². The lowest BCUT2D eigenvalue weighted by molar-refractivity contribution is 0.715. The van der Waals surface area contributed by atoms with Crippen molar-refractivity contribution in [3.05, 3.63) is 28.7 Å². The molecule has 88 valence electrons. The van der Waals surface area contributed by atoms with Crippen LogP contribution in [-0.2, 0) is 13.6 Å². The first-order valence-electron chi connectivity index (χ1n) is 5.19. The molecule has 1 aliphatic rings. The lowest BCUT2D eigenvalue weighted by Crippen LogP contribution is -2.31. The predicted octanol–water partition coefficient (Wildman–Crippen LogP) is -0.502. The van der Waals surface area contributed by atoms with Crippen LogP contribution in [0.3, 0.4) is 0 Å². The van der Waals surface area contributed by atoms with Crippen LogP contribution in [0, 0.1) is 0 Å². The van der Waals surface area contributed by atoms with Crippen LogP contribution in [0.25, 0.3) is 5.69 Å². The van der Waals surface area contributed by atoms with Gasteiger partial charge in [0, 0.05) is 14.1 Å². The summed E-state index contributed by atoms with van der Waals surface area (Å²) in [5.74, 6) is 0.694. The summed E-state index contributed by atoms with van der Waals surface area (Å²) in [7, 11) is 3.55. The van der Waals surface area contributed by atoms with Crippen LogP contribution >= 0.6 is 0 Å². The molecule has 0 bridgehead atoms. The summed E-state index contributed by atoms with van der Waals surface area (Å²) >= 11 is 0. The van der Waals surface area contributed by atoms with Crippen LogP contribution < -0.4 is 16.3 Å². The Morgan fingerprint density at radius 1 is 1.35 bits per heavy atom. The molecule has 0 atom stereocenters. The number of hydrogen-bond donors (Lipinski definition) is 1. The normalized spacial score (nSPS) is 13.4. The molecule has 0 aromatic carbocycles. The van der Waals surface area contributed by atoms with Gasteiger partial charge in [0.15, 0.2) is 5.82 Å². The van der Waals surface area contributed by atoms with Gasteiger partial charge in [-0.25, -0.2) is 14.0 Å². The lowest BCUT2D eigenvalue weighted by atomic mass is 10.2. The zero-order valence-electron chi connectivity index (χ0n) is 9.58. The molecular formula is C10H12N6O. The summed E-state index contributed by atoms with van der Waals surface area (Å²) in [4.78, 5) is 18.0. The van der Waals surface area contributed by atoms with E-state index in [0.717, 1.165) is 5.69 Å². The molecule has 1 aliphatic heterocycles. The third-order valence-electron chi connectivity index (χ3n) is 2.92. The Bertz CT molecular complexity index is 655. The number of nitrogen functional groups attached to an aromatic ring is 1. The second kappa shape index (κ2) is 3.09. The van der Waals surface area contributed by atoms with Crippen LogP contribution in [0.4, 0.5) is 11.4 Å². The maximum atomic E-state index is 12.0. The number of nitrogens with two attached hydrogens (primary N) is 1. The summed E-state index contributed by atoms with van der Waals surface area (Å²) in [6.07, 6.45) is 3.22. The van der Waals surface area contributed by atoms with Gasteiger partial charge in [-0.2, -0.15) is 5.10 Å². The van der Waals surface area contributed by atoms with Crippen LogP contribution in [-0.4, -0.2) is 26.4 Å². The average molecular weight is 232 g/mol. The summed E-state index contributed by atoms with van der Waals surface area (Å²) in [6, 6.07) is 0. The Hall–Kier alpha value is -2.31. The van der Waals surface area contributed by atoms with E-state index >= 15 is 0 Å². The van der Waals surface area contributed by atoms with Crippen molar-refractivity contribution >= 4 is 11.4 Å². The van der Waals surface area contributed by atoms with Crippen LogP contribution in [0.2, 0.25) is 0 Å². The Morgan fingerprint density at radius 3 is 2.88 bits per heavy atom. The minimum absolute atomic E-state index is 0.179. The molecule has 3 heterocycles. The zero-order chi connectivity index (χ0) is 12.2. The molecular weight excluding hydrogens is 220 g/mol. The molecule has 7 heteroatoms. The molecule has 0 saturated carbocycles. The molecule has 3 rings (SSSR count). The van der Waals surface area contributed by atoms with Crippen molar-refractivity contribution in [1.82, 2.24) is 19.3 Å². The van der Waals surface area contributed by atoms with Crippen molar-refractivity contribution in [1.29, 1.82) is 0 Å². The number of anilines is 2. The fourth-order valence-electron chi connectivity index (χ4n) is 2.19. The Kier molecular flexibility index (Phi) is 1.80. The Labute approximate surface area is 97.1 Å². The molecule has 0 fully saturated rings. The topological polar surface area (TPSA) is 82.0 Å². The summed E-state index contributed by atoms with van der Waals surface area (Å²) < 4.78 is 2.88. The molecule has 0 unspecified atom stereocenters. The van der Waals surface area contributed by atoms with E-state index in [0.29, 0.717) is 23.7 Å². The molecule has 0 radical (unpaired) electrons. The zero-order valence-corrected chi connectivity index (χ0v) is 9.58. The summed E-state index contributed by atoms with van der Waals surface area (Å²) in [6.45, 7) is 0.553. The maximum absolute atomic E-state index is 12.0. The third kappa shape index (κ3) is 1.19. The van der Waals surface area contributed by atoms with Crippen molar-refractivity contribution in [3.63, 3.8) is 0 Å². The first-order chi connectivity index (χ1) is 8.09. The lowest BCUT2D eigenvalue weighted by Gasteiger charge is -2.27. The average Bonchev–Trinajstić information content (AvgIpc) is 2.54. The number of pyridine rings is 1. The fraction of sp³-hybridized carbons (Fsp3) is 0.300. The van der Waals surface area contributed by atoms with E-state index in [9.17, 15) is 4.79 Å². The predicted molar refractivity (Wildman–Crippen MR) is 63.1 cm³/mol. The largest absolute Gasteiger partial charge is 0.396 e. The van der Waals surface area contributed by atoms with Crippen molar-refractivity contribution in [2.75, 3.05) is 17.7 Å². The van der Waals surface area contributed by atoms with Gasteiger partial charge in [0.1, 0.15) is 0 Å². The van der Waals surface area contributed by atoms with E-state index in [4.69, 9.17) is 5.73 Å². The number of fused-ring (bicyclic) bond motifs is 3. The highest BCUT2D eigenvalue weighted by atomic mass is 16.2. The minimum atomic E-state index is -0.179. The SMILES string of the molecule is CN1Cc2nn(C)c(=O)n2-c2cncc(N)c21. The van der Waals surface area contributed by atoms with Crippen LogP contribution in [0.1, 0.15) is 5.82 Å². The van der Waals surface area contributed by atoms with Crippen LogP contribution in [0.5, 0.6) is 0 Å². The third-order valence-corrected chi connectivity index (χ3v) is 2.92. The minimum Gasteiger partial charge on any atom is -0.396 e. The van der Waals surface area contributed by atoms with Gasteiger partial charge >= 0.3 is 5.69 Å². The summed E-state index contributed by atoms with van der Waals surface area (Å²) in [5.41, 5.74) is 7.79. The van der Waals surface area contributed by atoms with E-state index in [-0.39, 0.29) is 5.69 Å². The van der Waals surface area contributed by atoms with Crippen molar-refractivity contribution < 1.29 is 0 Å². The summed E-state index contributed by atoms with van der Waals surface area (Å²) in [5, 5.41) is 4.19. The molecule has 7 nitrogen and oxygen atoms in total. The molecule has 2 aromatic heterocycles. The number of hydrogen-bond acceptors (Lipinski definition) is 5. The first kappa shape index (κ1) is 9.88. The van der Waals surface area contributed by atoms with E-state index < -0.39 is 0 Å². The monoisotopic (exact) mass is 232 g/mol. The standard InChI is InChI=1S/C10H12N6O/c1-14-5-8-13-15(2)10(17)16(8)7-4-12-3-6(11)9(7)14/h3-4H,5,11H2,1-2H3. The first-order valence-corrected chi connectivity index (χ1v) is 5.19. The van der Waals surface area contributed by atoms with E-state index in [1.54, 1.807) is 24.0 Å². The van der Waals surface area contributed by atoms with Gasteiger partial charge in [0.05, 0.1) is 36.0 Å². The highest BCUT2D eigenvalue weighted by Crippen LogP contribution is 2.32. The molecule has 0 saturated heterocycles. The van der Waals surface area contributed by atoms with Gasteiger partial charge in [-0.05, 0) is 0 Å². The van der Waals surface area contributed by atoms with Gasteiger partial charge < -0.3 is 10.6 Å². The highest BCUT2D eigenvalue weighted by Gasteiger charge is 2.25. The second-order valence-corrected chi connectivity index (χ2v) is 4.11. The fourth-order valence-corrected chi connectivity index (χ4v) is 2.19. The molecule has 0 aliphatic carbocycles. The second-order valence-electron chi connectivity index (χ2n) is 4.11. The Balaban J connectivity index is 2.40. The molecule has 2 aromatic rings. The van der Waals surface area contributed by atoms with Crippen LogP contribution in [0.15, 0.2) is 17.2 Å². The van der Waals surface area contributed by atoms with Gasteiger partial charge in [0.2, 0.25) is 0 Å². The quantitative estimate of drug-likeness (QED) is 0.662. The number of aromatic nitrogens is 4. The number of nitrogens with zero attached hydrogens (tertiary/aromatic N) is 5. The van der Waals surface area contributed by atoms with E-state index in [1.807, 2.05) is 11.9 Å². The molecule has 2 N–H and O–H groups in total. The van der Waals surface area contributed by atoms with Crippen molar-refractivity contribution in [3.8, 4) is 5.69 Å². The highest BCUT2D eigenvalue weighted by molar-refractivity contribution is 5.77. The van der Waals surface area contributed by atoms with Gasteiger partial charge in [-0.15, -0.1) is 0 Å². The van der Waals surface area contributed by atoms with E-state index in [2.05, 4.69) is 10.1 Å². The number of aryl methyl sites for hydroxylation is 1. The maximum Gasteiger partial charge on any atom is 0.350 e. The molecule has 0 spiro atoms.